The minimum atomic E-state index is -0.257. The van der Waals surface area contributed by atoms with Crippen LogP contribution in [0.1, 0.15) is 28.9 Å². The Morgan fingerprint density at radius 3 is 2.75 bits per heavy atom. The zero-order valence-corrected chi connectivity index (χ0v) is 14.5. The number of hydrogen-bond donors (Lipinski definition) is 1. The zero-order chi connectivity index (χ0) is 14.7. The van der Waals surface area contributed by atoms with Crippen LogP contribution >= 0.6 is 43.5 Å². The van der Waals surface area contributed by atoms with Crippen molar-refractivity contribution in [3.63, 3.8) is 0 Å². The first kappa shape index (κ1) is 15.5. The molecule has 0 aliphatic heterocycles. The van der Waals surface area contributed by atoms with Crippen LogP contribution in [0.15, 0.2) is 45.5 Å². The Kier molecular flexibility index (Phi) is 5.18. The summed E-state index contributed by atoms with van der Waals surface area (Å²) in [5.74, 6) is -0.257. The lowest BCUT2D eigenvalue weighted by molar-refractivity contribution is 0.0939. The highest BCUT2D eigenvalue weighted by molar-refractivity contribution is 9.10. The first-order valence-corrected chi connectivity index (χ1v) is 7.81. The fraction of sp³-hybridized carbons (Fsp3) is 0.143. The van der Waals surface area contributed by atoms with Gasteiger partial charge < -0.3 is 5.32 Å². The summed E-state index contributed by atoms with van der Waals surface area (Å²) in [5.41, 5.74) is 1.35. The van der Waals surface area contributed by atoms with Crippen molar-refractivity contribution in [2.45, 2.75) is 13.0 Å². The van der Waals surface area contributed by atoms with Crippen LogP contribution in [0.5, 0.6) is 0 Å². The molecule has 1 heterocycles. The van der Waals surface area contributed by atoms with E-state index in [1.807, 2.05) is 31.2 Å². The lowest BCUT2D eigenvalue weighted by Crippen LogP contribution is -2.27. The van der Waals surface area contributed by atoms with Crippen LogP contribution in [0.2, 0.25) is 5.15 Å². The van der Waals surface area contributed by atoms with Gasteiger partial charge in [-0.3, -0.25) is 4.79 Å². The lowest BCUT2D eigenvalue weighted by Gasteiger charge is -2.16. The Morgan fingerprint density at radius 1 is 1.35 bits per heavy atom. The summed E-state index contributed by atoms with van der Waals surface area (Å²) in [5, 5.41) is 3.09. The van der Waals surface area contributed by atoms with Gasteiger partial charge in [-0.2, -0.15) is 0 Å². The molecule has 1 unspecified atom stereocenters. The highest BCUT2D eigenvalue weighted by Gasteiger charge is 2.16. The maximum Gasteiger partial charge on any atom is 0.254 e. The van der Waals surface area contributed by atoms with Crippen LogP contribution in [0.4, 0.5) is 0 Å². The van der Waals surface area contributed by atoms with E-state index in [0.29, 0.717) is 10.0 Å². The van der Waals surface area contributed by atoms with E-state index in [9.17, 15) is 4.79 Å². The second kappa shape index (κ2) is 6.70. The molecule has 0 fully saturated rings. The molecule has 3 nitrogen and oxygen atoms in total. The molecule has 1 atom stereocenters. The second-order valence-corrected chi connectivity index (χ2v) is 6.34. The van der Waals surface area contributed by atoms with Gasteiger partial charge in [-0.25, -0.2) is 4.98 Å². The highest BCUT2D eigenvalue weighted by Crippen LogP contribution is 2.24. The van der Waals surface area contributed by atoms with Crippen LogP contribution in [0.25, 0.3) is 0 Å². The molecule has 2 rings (SSSR count). The van der Waals surface area contributed by atoms with Crippen molar-refractivity contribution in [2.24, 2.45) is 0 Å². The van der Waals surface area contributed by atoms with Gasteiger partial charge in [0.15, 0.2) is 0 Å². The number of aromatic nitrogens is 1. The van der Waals surface area contributed by atoms with E-state index in [0.717, 1.165) is 10.0 Å². The van der Waals surface area contributed by atoms with Crippen molar-refractivity contribution < 1.29 is 4.79 Å². The molecule has 1 N–H and O–H groups in total. The molecule has 0 saturated carbocycles. The first-order valence-electron chi connectivity index (χ1n) is 5.85. The summed E-state index contributed by atoms with van der Waals surface area (Å²) in [4.78, 5) is 16.2. The smallest absolute Gasteiger partial charge is 0.254 e. The first-order chi connectivity index (χ1) is 9.49. The Labute approximate surface area is 139 Å². The van der Waals surface area contributed by atoms with Crippen molar-refractivity contribution in [1.29, 1.82) is 0 Å². The van der Waals surface area contributed by atoms with E-state index in [2.05, 4.69) is 42.2 Å². The van der Waals surface area contributed by atoms with Crippen molar-refractivity contribution in [3.05, 3.63) is 61.8 Å². The number of hydrogen-bond acceptors (Lipinski definition) is 2. The molecule has 1 aromatic carbocycles. The predicted octanol–water partition coefficient (Wildman–Crippen LogP) is 4.75. The Balaban J connectivity index is 2.20. The number of rotatable bonds is 3. The maximum atomic E-state index is 12.2. The summed E-state index contributed by atoms with van der Waals surface area (Å²) in [6.07, 6.45) is 1.55. The number of carbonyl (C=O) groups is 1. The molecular formula is C14H11Br2ClN2O. The molecule has 0 bridgehead atoms. The van der Waals surface area contributed by atoms with Gasteiger partial charge in [0.05, 0.1) is 11.6 Å². The Hall–Kier alpha value is -0.910. The third-order valence-corrected chi connectivity index (χ3v) is 4.23. The van der Waals surface area contributed by atoms with E-state index in [-0.39, 0.29) is 17.1 Å². The van der Waals surface area contributed by atoms with E-state index < -0.39 is 0 Å². The van der Waals surface area contributed by atoms with E-state index in [4.69, 9.17) is 11.6 Å². The predicted molar refractivity (Wildman–Crippen MR) is 87.0 cm³/mol. The average molecular weight is 419 g/mol. The molecule has 0 saturated heterocycles. The molecule has 0 radical (unpaired) electrons. The van der Waals surface area contributed by atoms with Gasteiger partial charge in [0, 0.05) is 15.1 Å². The average Bonchev–Trinajstić information content (AvgIpc) is 2.41. The number of halogens is 3. The number of amides is 1. The summed E-state index contributed by atoms with van der Waals surface area (Å²) in [7, 11) is 0. The molecule has 20 heavy (non-hydrogen) atoms. The van der Waals surface area contributed by atoms with Crippen LogP contribution in [-0.4, -0.2) is 10.9 Å². The normalized spacial score (nSPS) is 12.0. The summed E-state index contributed by atoms with van der Waals surface area (Å²) in [6, 6.07) is 9.25. The van der Waals surface area contributed by atoms with Crippen LogP contribution < -0.4 is 5.32 Å². The van der Waals surface area contributed by atoms with Gasteiger partial charge in [0.25, 0.3) is 5.91 Å². The van der Waals surface area contributed by atoms with Gasteiger partial charge in [0.1, 0.15) is 5.15 Å². The van der Waals surface area contributed by atoms with Gasteiger partial charge in [-0.05, 0) is 40.5 Å². The molecule has 104 valence electrons. The van der Waals surface area contributed by atoms with Gasteiger partial charge in [0.2, 0.25) is 0 Å². The fourth-order valence-corrected chi connectivity index (χ4v) is 2.91. The Morgan fingerprint density at radius 2 is 2.05 bits per heavy atom. The number of benzene rings is 1. The summed E-state index contributed by atoms with van der Waals surface area (Å²) in [6.45, 7) is 1.91. The topological polar surface area (TPSA) is 42.0 Å². The zero-order valence-electron chi connectivity index (χ0n) is 10.5. The lowest BCUT2D eigenvalue weighted by atomic mass is 10.1. The molecule has 0 aliphatic rings. The quantitative estimate of drug-likeness (QED) is 0.731. The number of pyridine rings is 1. The standard InChI is InChI=1S/C14H11Br2ClN2O/c1-8(10-4-2-3-5-12(10)16)19-14(20)11-6-9(15)7-18-13(11)17/h2-8H,1H3,(H,19,20). The maximum absolute atomic E-state index is 12.2. The molecular weight excluding hydrogens is 407 g/mol. The SMILES string of the molecule is CC(NC(=O)c1cc(Br)cnc1Cl)c1ccccc1Br. The Bertz CT molecular complexity index is 649. The highest BCUT2D eigenvalue weighted by atomic mass is 79.9. The summed E-state index contributed by atoms with van der Waals surface area (Å²) >= 11 is 12.7. The molecule has 2 aromatic rings. The molecule has 0 spiro atoms. The van der Waals surface area contributed by atoms with Crippen LogP contribution in [0.3, 0.4) is 0 Å². The van der Waals surface area contributed by atoms with Gasteiger partial charge in [-0.15, -0.1) is 0 Å². The number of nitrogens with one attached hydrogen (secondary N) is 1. The fourth-order valence-electron chi connectivity index (χ4n) is 1.76. The molecule has 1 amide bonds. The monoisotopic (exact) mass is 416 g/mol. The third kappa shape index (κ3) is 3.59. The minimum absolute atomic E-state index is 0.145. The van der Waals surface area contributed by atoms with Crippen molar-refractivity contribution in [2.75, 3.05) is 0 Å². The van der Waals surface area contributed by atoms with Crippen LogP contribution in [-0.2, 0) is 0 Å². The molecule has 0 aliphatic carbocycles. The summed E-state index contributed by atoms with van der Waals surface area (Å²) < 4.78 is 1.66. The number of nitrogens with zero attached hydrogens (tertiary/aromatic N) is 1. The largest absolute Gasteiger partial charge is 0.345 e. The molecule has 1 aromatic heterocycles. The van der Waals surface area contributed by atoms with Gasteiger partial charge >= 0.3 is 0 Å². The van der Waals surface area contributed by atoms with Crippen molar-refractivity contribution >= 4 is 49.4 Å². The van der Waals surface area contributed by atoms with E-state index >= 15 is 0 Å². The van der Waals surface area contributed by atoms with Crippen LogP contribution in [0, 0.1) is 0 Å². The van der Waals surface area contributed by atoms with Crippen molar-refractivity contribution in [1.82, 2.24) is 10.3 Å². The van der Waals surface area contributed by atoms with Crippen molar-refractivity contribution in [3.8, 4) is 0 Å². The second-order valence-electron chi connectivity index (χ2n) is 4.21. The van der Waals surface area contributed by atoms with E-state index in [1.165, 1.54) is 0 Å². The minimum Gasteiger partial charge on any atom is -0.345 e. The molecule has 6 heteroatoms. The number of carbonyl (C=O) groups excluding carboxylic acids is 1. The van der Waals surface area contributed by atoms with E-state index in [1.54, 1.807) is 12.3 Å². The van der Waals surface area contributed by atoms with Gasteiger partial charge in [-0.1, -0.05) is 45.7 Å². The third-order valence-electron chi connectivity index (χ3n) is 2.77.